The molecule has 1 aromatic carbocycles. The maximum atomic E-state index is 9.61. The first-order valence-electron chi connectivity index (χ1n) is 9.44. The van der Waals surface area contributed by atoms with Gasteiger partial charge in [-0.3, -0.25) is 0 Å². The second-order valence-corrected chi connectivity index (χ2v) is 8.98. The zero-order chi connectivity index (χ0) is 16.9. The van der Waals surface area contributed by atoms with Crippen LogP contribution in [0.3, 0.4) is 0 Å². The van der Waals surface area contributed by atoms with E-state index in [1.54, 1.807) is 0 Å². The number of halogens is 2. The van der Waals surface area contributed by atoms with Crippen LogP contribution < -0.4 is 0 Å². The second kappa shape index (κ2) is 9.02. The van der Waals surface area contributed by atoms with E-state index in [2.05, 4.69) is 33.0 Å². The fraction of sp³-hybridized carbons (Fsp3) is 0.700. The first kappa shape index (κ1) is 18.7. The number of aliphatic hydroxyl groups excluding tert-OH is 1. The van der Waals surface area contributed by atoms with Crippen molar-refractivity contribution in [3.05, 3.63) is 33.3 Å². The number of aliphatic hydroxyl groups is 1. The lowest BCUT2D eigenvalue weighted by Gasteiger charge is -2.34. The van der Waals surface area contributed by atoms with Gasteiger partial charge in [-0.1, -0.05) is 27.5 Å². The van der Waals surface area contributed by atoms with Crippen molar-refractivity contribution in [1.82, 2.24) is 4.90 Å². The number of piperidine rings is 1. The minimum atomic E-state index is -0.0252. The molecule has 0 bridgehead atoms. The Morgan fingerprint density at radius 1 is 1.04 bits per heavy atom. The van der Waals surface area contributed by atoms with Crippen molar-refractivity contribution in [3.63, 3.8) is 0 Å². The van der Waals surface area contributed by atoms with E-state index in [9.17, 15) is 5.11 Å². The Morgan fingerprint density at radius 2 is 1.75 bits per heavy atom. The molecular formula is C20H29BrClNO. The van der Waals surface area contributed by atoms with Crippen LogP contribution in [0, 0.1) is 11.8 Å². The number of benzene rings is 1. The van der Waals surface area contributed by atoms with Gasteiger partial charge in [0.2, 0.25) is 0 Å². The Kier molecular flexibility index (Phi) is 7.03. The third kappa shape index (κ3) is 5.45. The van der Waals surface area contributed by atoms with Gasteiger partial charge in [0.25, 0.3) is 0 Å². The van der Waals surface area contributed by atoms with Gasteiger partial charge in [-0.2, -0.15) is 0 Å². The van der Waals surface area contributed by atoms with Crippen molar-refractivity contribution < 1.29 is 5.11 Å². The summed E-state index contributed by atoms with van der Waals surface area (Å²) in [5, 5.41) is 10.4. The molecule has 1 aliphatic heterocycles. The van der Waals surface area contributed by atoms with E-state index in [1.807, 2.05) is 6.07 Å². The molecular weight excluding hydrogens is 386 g/mol. The first-order chi connectivity index (χ1) is 11.6. The predicted molar refractivity (Wildman–Crippen MR) is 105 cm³/mol. The van der Waals surface area contributed by atoms with Crippen molar-refractivity contribution in [3.8, 4) is 0 Å². The molecule has 2 aliphatic rings. The third-order valence-electron chi connectivity index (χ3n) is 5.89. The van der Waals surface area contributed by atoms with Crippen LogP contribution in [0.5, 0.6) is 0 Å². The van der Waals surface area contributed by atoms with Crippen molar-refractivity contribution in [2.75, 3.05) is 19.6 Å². The van der Waals surface area contributed by atoms with Crippen LogP contribution in [0.1, 0.15) is 50.5 Å². The highest BCUT2D eigenvalue weighted by Crippen LogP contribution is 2.30. The number of likely N-dealkylation sites (tertiary alicyclic amines) is 1. The molecule has 0 aromatic heterocycles. The van der Waals surface area contributed by atoms with Crippen LogP contribution in [-0.4, -0.2) is 35.7 Å². The van der Waals surface area contributed by atoms with Crippen LogP contribution in [-0.2, 0) is 6.42 Å². The van der Waals surface area contributed by atoms with Gasteiger partial charge in [0.05, 0.1) is 6.10 Å². The minimum Gasteiger partial charge on any atom is -0.393 e. The van der Waals surface area contributed by atoms with Crippen LogP contribution in [0.15, 0.2) is 22.7 Å². The van der Waals surface area contributed by atoms with Gasteiger partial charge < -0.3 is 10.0 Å². The average molecular weight is 415 g/mol. The van der Waals surface area contributed by atoms with Crippen molar-refractivity contribution in [2.45, 2.75) is 57.5 Å². The Hall–Kier alpha value is -0.0900. The van der Waals surface area contributed by atoms with E-state index < -0.39 is 0 Å². The van der Waals surface area contributed by atoms with Crippen molar-refractivity contribution in [1.29, 1.82) is 0 Å². The number of nitrogens with zero attached hydrogens (tertiary/aromatic N) is 1. The zero-order valence-electron chi connectivity index (χ0n) is 14.4. The first-order valence-corrected chi connectivity index (χ1v) is 10.6. The lowest BCUT2D eigenvalue weighted by atomic mass is 9.85. The van der Waals surface area contributed by atoms with E-state index in [0.29, 0.717) is 0 Å². The van der Waals surface area contributed by atoms with Gasteiger partial charge in [0.15, 0.2) is 0 Å². The minimum absolute atomic E-state index is 0.0252. The molecule has 3 rings (SSSR count). The molecule has 1 saturated carbocycles. The van der Waals surface area contributed by atoms with Gasteiger partial charge in [-0.05, 0) is 107 Å². The molecule has 1 N–H and O–H groups in total. The lowest BCUT2D eigenvalue weighted by Crippen LogP contribution is -2.36. The molecule has 24 heavy (non-hydrogen) atoms. The fourth-order valence-electron chi connectivity index (χ4n) is 4.22. The summed E-state index contributed by atoms with van der Waals surface area (Å²) in [6.07, 6.45) is 9.49. The summed E-state index contributed by atoms with van der Waals surface area (Å²) >= 11 is 9.79. The molecule has 2 fully saturated rings. The van der Waals surface area contributed by atoms with Gasteiger partial charge >= 0.3 is 0 Å². The molecule has 1 aromatic rings. The van der Waals surface area contributed by atoms with E-state index in [0.717, 1.165) is 36.1 Å². The summed E-state index contributed by atoms with van der Waals surface area (Å²) in [4.78, 5) is 2.65. The van der Waals surface area contributed by atoms with Crippen LogP contribution >= 0.6 is 27.5 Å². The molecule has 2 nitrogen and oxygen atoms in total. The van der Waals surface area contributed by atoms with Gasteiger partial charge in [0.1, 0.15) is 0 Å². The van der Waals surface area contributed by atoms with Gasteiger partial charge in [0, 0.05) is 9.50 Å². The van der Waals surface area contributed by atoms with Crippen molar-refractivity contribution in [2.24, 2.45) is 11.8 Å². The second-order valence-electron chi connectivity index (χ2n) is 7.69. The molecule has 134 valence electrons. The maximum absolute atomic E-state index is 9.61. The fourth-order valence-corrected chi connectivity index (χ4v) is 4.83. The lowest BCUT2D eigenvalue weighted by molar-refractivity contribution is 0.0986. The highest BCUT2D eigenvalue weighted by atomic mass is 79.9. The molecule has 1 heterocycles. The molecule has 0 amide bonds. The molecule has 1 aliphatic carbocycles. The SMILES string of the molecule is OC1CCC(CCN2CCC(Cc3cc(Cl)ccc3Br)CC2)CC1. The largest absolute Gasteiger partial charge is 0.393 e. The normalized spacial score (nSPS) is 26.6. The number of rotatable bonds is 5. The highest BCUT2D eigenvalue weighted by Gasteiger charge is 2.23. The average Bonchev–Trinajstić information content (AvgIpc) is 2.59. The number of hydrogen-bond acceptors (Lipinski definition) is 2. The standard InChI is InChI=1S/C20H29BrClNO/c21-20-6-3-18(22)14-17(20)13-16-8-11-23(12-9-16)10-7-15-1-4-19(24)5-2-15/h3,6,14-16,19,24H,1-2,4-5,7-13H2. The summed E-state index contributed by atoms with van der Waals surface area (Å²) < 4.78 is 1.19. The summed E-state index contributed by atoms with van der Waals surface area (Å²) in [6, 6.07) is 6.12. The molecule has 4 heteroatoms. The molecule has 0 spiro atoms. The van der Waals surface area contributed by atoms with Crippen LogP contribution in [0.2, 0.25) is 5.02 Å². The Labute approximate surface area is 159 Å². The highest BCUT2D eigenvalue weighted by molar-refractivity contribution is 9.10. The summed E-state index contributed by atoms with van der Waals surface area (Å²) in [6.45, 7) is 3.71. The Balaban J connectivity index is 1.39. The monoisotopic (exact) mass is 413 g/mol. The summed E-state index contributed by atoms with van der Waals surface area (Å²) in [5.41, 5.74) is 1.35. The smallest absolute Gasteiger partial charge is 0.0540 e. The summed E-state index contributed by atoms with van der Waals surface area (Å²) in [5.74, 6) is 1.62. The maximum Gasteiger partial charge on any atom is 0.0540 e. The van der Waals surface area contributed by atoms with Gasteiger partial charge in [-0.15, -0.1) is 0 Å². The summed E-state index contributed by atoms with van der Waals surface area (Å²) in [7, 11) is 0. The van der Waals surface area contributed by atoms with E-state index in [1.165, 1.54) is 61.8 Å². The van der Waals surface area contributed by atoms with E-state index in [4.69, 9.17) is 11.6 Å². The number of hydrogen-bond donors (Lipinski definition) is 1. The van der Waals surface area contributed by atoms with Crippen LogP contribution in [0.4, 0.5) is 0 Å². The quantitative estimate of drug-likeness (QED) is 0.707. The molecule has 0 unspecified atom stereocenters. The Bertz CT molecular complexity index is 522. The van der Waals surface area contributed by atoms with Gasteiger partial charge in [-0.25, -0.2) is 0 Å². The predicted octanol–water partition coefficient (Wildman–Crippen LogP) is 5.30. The van der Waals surface area contributed by atoms with Crippen molar-refractivity contribution >= 4 is 27.5 Å². The molecule has 0 atom stereocenters. The third-order valence-corrected chi connectivity index (χ3v) is 6.90. The van der Waals surface area contributed by atoms with E-state index >= 15 is 0 Å². The Morgan fingerprint density at radius 3 is 2.46 bits per heavy atom. The van der Waals surface area contributed by atoms with Crippen LogP contribution in [0.25, 0.3) is 0 Å². The topological polar surface area (TPSA) is 23.5 Å². The molecule has 0 radical (unpaired) electrons. The van der Waals surface area contributed by atoms with E-state index in [-0.39, 0.29) is 6.10 Å². The zero-order valence-corrected chi connectivity index (χ0v) is 16.7. The molecule has 1 saturated heterocycles.